The van der Waals surface area contributed by atoms with E-state index in [9.17, 15) is 9.59 Å². The zero-order chi connectivity index (χ0) is 17.5. The molecule has 5 aliphatic heterocycles. The van der Waals surface area contributed by atoms with E-state index in [1.165, 1.54) is 5.57 Å². The summed E-state index contributed by atoms with van der Waals surface area (Å²) in [5, 5.41) is 3.55. The highest BCUT2D eigenvalue weighted by atomic mass is 16.5. The van der Waals surface area contributed by atoms with Crippen LogP contribution in [0.5, 0.6) is 0 Å². The summed E-state index contributed by atoms with van der Waals surface area (Å²) >= 11 is 0. The van der Waals surface area contributed by atoms with Crippen molar-refractivity contribution in [3.63, 3.8) is 0 Å². The van der Waals surface area contributed by atoms with Gasteiger partial charge >= 0.3 is 0 Å². The molecule has 0 radical (unpaired) electrons. The highest BCUT2D eigenvalue weighted by molar-refractivity contribution is 6.06. The van der Waals surface area contributed by atoms with Crippen LogP contribution in [-0.2, 0) is 19.7 Å². The Kier molecular flexibility index (Phi) is 2.93. The van der Waals surface area contributed by atoms with E-state index in [2.05, 4.69) is 17.5 Å². The maximum absolute atomic E-state index is 13.6. The van der Waals surface area contributed by atoms with E-state index in [4.69, 9.17) is 4.74 Å². The first kappa shape index (κ1) is 15.1. The normalized spacial score (nSPS) is 40.3. The van der Waals surface area contributed by atoms with Crippen molar-refractivity contribution in [1.29, 1.82) is 0 Å². The van der Waals surface area contributed by atoms with Crippen LogP contribution in [0.3, 0.4) is 0 Å². The Bertz CT molecular complexity index is 863. The van der Waals surface area contributed by atoms with Gasteiger partial charge in [0.2, 0.25) is 5.91 Å². The summed E-state index contributed by atoms with van der Waals surface area (Å²) in [5.74, 6) is 0.799. The summed E-state index contributed by atoms with van der Waals surface area (Å²) < 4.78 is 6.15. The first-order chi connectivity index (χ1) is 12.7. The van der Waals surface area contributed by atoms with Crippen molar-refractivity contribution < 1.29 is 14.3 Å². The van der Waals surface area contributed by atoms with Crippen molar-refractivity contribution in [3.05, 3.63) is 41.5 Å². The molecule has 1 spiro atoms. The highest BCUT2D eigenvalue weighted by Crippen LogP contribution is 2.60. The van der Waals surface area contributed by atoms with E-state index in [1.54, 1.807) is 0 Å². The molecule has 1 amide bonds. The highest BCUT2D eigenvalue weighted by Gasteiger charge is 2.67. The van der Waals surface area contributed by atoms with E-state index in [0.29, 0.717) is 25.2 Å². The largest absolute Gasteiger partial charge is 0.373 e. The summed E-state index contributed by atoms with van der Waals surface area (Å²) in [6.07, 6.45) is 3.82. The Balaban J connectivity index is 1.66. The van der Waals surface area contributed by atoms with Gasteiger partial charge < -0.3 is 15.0 Å². The number of hydrogen-bond acceptors (Lipinski definition) is 4. The Morgan fingerprint density at radius 3 is 3.00 bits per heavy atom. The first-order valence-electron chi connectivity index (χ1n) is 9.68. The zero-order valence-corrected chi connectivity index (χ0v) is 14.6. The number of nitrogens with zero attached hydrogens (tertiary/aromatic N) is 1. The van der Waals surface area contributed by atoms with Crippen molar-refractivity contribution in [2.75, 3.05) is 24.6 Å². The average Bonchev–Trinajstić information content (AvgIpc) is 2.90. The third-order valence-electron chi connectivity index (χ3n) is 7.39. The van der Waals surface area contributed by atoms with Crippen LogP contribution in [0, 0.1) is 11.8 Å². The number of rotatable bonds is 0. The van der Waals surface area contributed by atoms with Gasteiger partial charge in [0, 0.05) is 24.6 Å². The molecule has 5 atom stereocenters. The number of hydrogen-bond donors (Lipinski definition) is 1. The monoisotopic (exact) mass is 350 g/mol. The number of piperidine rings is 1. The molecular formula is C21H22N2O3. The number of para-hydroxylation sites is 1. The van der Waals surface area contributed by atoms with E-state index >= 15 is 0 Å². The molecule has 1 saturated carbocycles. The van der Waals surface area contributed by atoms with Crippen LogP contribution in [0.4, 0.5) is 5.69 Å². The molecule has 5 heterocycles. The number of amides is 1. The molecule has 134 valence electrons. The number of fused-ring (bicyclic) bond motifs is 6. The SMILES string of the molecule is O=C1CC2OCC=C3CNCCC45C(=O)CC3C2C4N1c1ccccc15. The molecule has 4 fully saturated rings. The van der Waals surface area contributed by atoms with E-state index < -0.39 is 5.41 Å². The summed E-state index contributed by atoms with van der Waals surface area (Å²) in [7, 11) is 0. The second-order valence-corrected chi connectivity index (χ2v) is 8.29. The van der Waals surface area contributed by atoms with Gasteiger partial charge in [0.15, 0.2) is 0 Å². The minimum absolute atomic E-state index is 0.0811. The third kappa shape index (κ3) is 1.64. The summed E-state index contributed by atoms with van der Waals surface area (Å²) in [5.41, 5.74) is 2.72. The molecule has 7 rings (SSSR count). The molecule has 5 heteroatoms. The summed E-state index contributed by atoms with van der Waals surface area (Å²) in [6, 6.07) is 7.97. The molecule has 1 N–H and O–H groups in total. The van der Waals surface area contributed by atoms with Crippen LogP contribution in [0.25, 0.3) is 0 Å². The number of anilines is 1. The number of benzene rings is 1. The second kappa shape index (κ2) is 5.05. The molecule has 0 aromatic heterocycles. The topological polar surface area (TPSA) is 58.6 Å². The molecular weight excluding hydrogens is 328 g/mol. The maximum atomic E-state index is 13.6. The predicted molar refractivity (Wildman–Crippen MR) is 95.9 cm³/mol. The van der Waals surface area contributed by atoms with Gasteiger partial charge in [-0.3, -0.25) is 9.59 Å². The molecule has 3 saturated heterocycles. The molecule has 1 aromatic rings. The maximum Gasteiger partial charge on any atom is 0.229 e. The minimum atomic E-state index is -0.581. The van der Waals surface area contributed by atoms with Crippen molar-refractivity contribution in [2.24, 2.45) is 11.8 Å². The average molecular weight is 350 g/mol. The quantitative estimate of drug-likeness (QED) is 0.722. The first-order valence-corrected chi connectivity index (χ1v) is 9.68. The predicted octanol–water partition coefficient (Wildman–Crippen LogP) is 1.57. The van der Waals surface area contributed by atoms with Gasteiger partial charge in [0.25, 0.3) is 0 Å². The Morgan fingerprint density at radius 1 is 1.19 bits per heavy atom. The van der Waals surface area contributed by atoms with E-state index in [1.807, 2.05) is 23.1 Å². The lowest BCUT2D eigenvalue weighted by atomic mass is 9.55. The molecule has 1 aliphatic carbocycles. The van der Waals surface area contributed by atoms with Gasteiger partial charge in [0.1, 0.15) is 5.78 Å². The van der Waals surface area contributed by atoms with Crippen LogP contribution >= 0.6 is 0 Å². The van der Waals surface area contributed by atoms with Gasteiger partial charge in [0.05, 0.1) is 30.6 Å². The number of nitrogens with one attached hydrogen (secondary N) is 1. The fourth-order valence-corrected chi connectivity index (χ4v) is 6.42. The lowest BCUT2D eigenvalue weighted by Gasteiger charge is -2.53. The number of carbonyl (C=O) groups excluding carboxylic acids is 2. The Hall–Kier alpha value is -1.98. The molecule has 1 aromatic carbocycles. The molecule has 5 unspecified atom stereocenters. The van der Waals surface area contributed by atoms with Crippen LogP contribution in [0.1, 0.15) is 24.8 Å². The minimum Gasteiger partial charge on any atom is -0.373 e. The van der Waals surface area contributed by atoms with Crippen LogP contribution in [0.2, 0.25) is 0 Å². The van der Waals surface area contributed by atoms with Crippen LogP contribution < -0.4 is 10.2 Å². The molecule has 4 bridgehead atoms. The van der Waals surface area contributed by atoms with Gasteiger partial charge in [-0.2, -0.15) is 0 Å². The van der Waals surface area contributed by atoms with E-state index in [-0.39, 0.29) is 29.9 Å². The second-order valence-electron chi connectivity index (χ2n) is 8.29. The summed E-state index contributed by atoms with van der Waals surface area (Å²) in [6.45, 7) is 2.16. The summed E-state index contributed by atoms with van der Waals surface area (Å²) in [4.78, 5) is 28.7. The van der Waals surface area contributed by atoms with Crippen molar-refractivity contribution in [3.8, 4) is 0 Å². The molecule has 26 heavy (non-hydrogen) atoms. The fourth-order valence-electron chi connectivity index (χ4n) is 6.42. The third-order valence-corrected chi connectivity index (χ3v) is 7.39. The number of carbonyl (C=O) groups is 2. The van der Waals surface area contributed by atoms with Gasteiger partial charge in [-0.25, -0.2) is 0 Å². The Morgan fingerprint density at radius 2 is 2.08 bits per heavy atom. The standard InChI is InChI=1S/C21H22N2O3/c24-17-9-13-12-5-8-26-16-10-18(25)23-15-4-2-1-3-14(15)21(17,6-7-22-11-12)20(23)19(13)16/h1-5,13,16,19-20,22H,6-11H2. The fraction of sp³-hybridized carbons (Fsp3) is 0.524. The van der Waals surface area contributed by atoms with Gasteiger partial charge in [-0.05, 0) is 30.5 Å². The van der Waals surface area contributed by atoms with Gasteiger partial charge in [-0.1, -0.05) is 29.8 Å². The Labute approximate surface area is 152 Å². The van der Waals surface area contributed by atoms with Crippen LogP contribution in [-0.4, -0.2) is 43.5 Å². The lowest BCUT2D eigenvalue weighted by Crippen LogP contribution is -2.66. The van der Waals surface area contributed by atoms with Crippen molar-refractivity contribution in [2.45, 2.75) is 36.8 Å². The van der Waals surface area contributed by atoms with Crippen molar-refractivity contribution in [1.82, 2.24) is 5.32 Å². The van der Waals surface area contributed by atoms with E-state index in [0.717, 1.165) is 30.8 Å². The zero-order valence-electron chi connectivity index (χ0n) is 14.6. The van der Waals surface area contributed by atoms with Gasteiger partial charge in [-0.15, -0.1) is 0 Å². The lowest BCUT2D eigenvalue weighted by molar-refractivity contribution is -0.140. The number of Topliss-reactive ketones (excluding diaryl/α,β-unsaturated/α-hetero) is 1. The molecule has 5 nitrogen and oxygen atoms in total. The number of ether oxygens (including phenoxy) is 1. The smallest absolute Gasteiger partial charge is 0.229 e. The number of ketones is 1. The van der Waals surface area contributed by atoms with Crippen LogP contribution in [0.15, 0.2) is 35.9 Å². The van der Waals surface area contributed by atoms with Crippen molar-refractivity contribution >= 4 is 17.4 Å². The molecule has 6 aliphatic rings.